The molecule has 0 amide bonds. The lowest BCUT2D eigenvalue weighted by atomic mass is 10.2. The van der Waals surface area contributed by atoms with Crippen molar-refractivity contribution in [2.24, 2.45) is 0 Å². The highest BCUT2D eigenvalue weighted by Gasteiger charge is 2.35. The van der Waals surface area contributed by atoms with Crippen LogP contribution in [0.1, 0.15) is 22.3 Å². The normalized spacial score (nSPS) is 11.6. The molecule has 0 heterocycles. The third-order valence-corrected chi connectivity index (χ3v) is 5.37. The largest absolute Gasteiger partial charge is 0.458 e. The van der Waals surface area contributed by atoms with Gasteiger partial charge < -0.3 is 18.9 Å². The molecule has 4 aromatic rings. The monoisotopic (exact) mass is 512 g/mol. The summed E-state index contributed by atoms with van der Waals surface area (Å²) in [6, 6.07) is 22.8. The second kappa shape index (κ2) is 10.8. The van der Waals surface area contributed by atoms with Crippen LogP contribution in [0.25, 0.3) is 0 Å². The molecular weight excluding hydrogens is 488 g/mol. The summed E-state index contributed by atoms with van der Waals surface area (Å²) in [6.45, 7) is 3.44. The van der Waals surface area contributed by atoms with Gasteiger partial charge in [-0.1, -0.05) is 35.4 Å². The number of hydrogen-bond acceptors (Lipinski definition) is 4. The van der Waals surface area contributed by atoms with Gasteiger partial charge in [0.05, 0.1) is 11.1 Å². The van der Waals surface area contributed by atoms with Gasteiger partial charge in [-0.15, -0.1) is 0 Å². The van der Waals surface area contributed by atoms with Gasteiger partial charge in [-0.3, -0.25) is 0 Å². The number of aryl methyl sites for hydroxylation is 2. The predicted molar refractivity (Wildman–Crippen MR) is 130 cm³/mol. The zero-order valence-corrected chi connectivity index (χ0v) is 20.1. The second-order valence-corrected chi connectivity index (χ2v) is 8.32. The Hall–Kier alpha value is -4.20. The number of rotatable bonds is 10. The average molecular weight is 512 g/mol. The van der Waals surface area contributed by atoms with Crippen molar-refractivity contribution in [1.82, 2.24) is 0 Å². The molecule has 0 fully saturated rings. The van der Waals surface area contributed by atoms with Gasteiger partial charge in [-0.2, -0.15) is 17.6 Å². The molecule has 0 bridgehead atoms. The Labute approximate surface area is 212 Å². The fraction of sp³-hybridized carbons (Fsp3) is 0.172. The van der Waals surface area contributed by atoms with Crippen molar-refractivity contribution in [2.75, 3.05) is 6.79 Å². The lowest BCUT2D eigenvalue weighted by Crippen LogP contribution is -2.21. The Bertz CT molecular complexity index is 1190. The van der Waals surface area contributed by atoms with Gasteiger partial charge in [0.25, 0.3) is 0 Å². The van der Waals surface area contributed by atoms with Crippen LogP contribution in [0.5, 0.6) is 23.0 Å². The van der Waals surface area contributed by atoms with Crippen molar-refractivity contribution in [3.8, 4) is 23.0 Å². The molecular formula is C29H24F4O4. The van der Waals surface area contributed by atoms with E-state index in [9.17, 15) is 17.6 Å². The minimum absolute atomic E-state index is 0.0508. The van der Waals surface area contributed by atoms with Gasteiger partial charge >= 0.3 is 12.2 Å². The predicted octanol–water partition coefficient (Wildman–Crippen LogP) is 7.98. The molecule has 0 spiro atoms. The highest BCUT2D eigenvalue weighted by molar-refractivity contribution is 5.33. The van der Waals surface area contributed by atoms with E-state index < -0.39 is 12.2 Å². The Morgan fingerprint density at radius 3 is 1.08 bits per heavy atom. The Kier molecular flexibility index (Phi) is 7.57. The average Bonchev–Trinajstić information content (AvgIpc) is 2.87. The van der Waals surface area contributed by atoms with E-state index in [0.717, 1.165) is 11.1 Å². The molecule has 0 aliphatic heterocycles. The molecule has 192 valence electrons. The van der Waals surface area contributed by atoms with Crippen molar-refractivity contribution < 1.29 is 36.5 Å². The topological polar surface area (TPSA) is 36.9 Å². The summed E-state index contributed by atoms with van der Waals surface area (Å²) >= 11 is 0. The van der Waals surface area contributed by atoms with E-state index in [1.54, 1.807) is 24.3 Å². The van der Waals surface area contributed by atoms with E-state index >= 15 is 0 Å². The molecule has 0 aliphatic carbocycles. The Balaban J connectivity index is 1.29. The van der Waals surface area contributed by atoms with Crippen LogP contribution in [-0.4, -0.2) is 6.79 Å². The van der Waals surface area contributed by atoms with Gasteiger partial charge in [0.15, 0.2) is 0 Å². The maximum absolute atomic E-state index is 14.5. The Morgan fingerprint density at radius 1 is 0.459 bits per heavy atom. The highest BCUT2D eigenvalue weighted by Crippen LogP contribution is 2.34. The van der Waals surface area contributed by atoms with Gasteiger partial charge in [-0.25, -0.2) is 0 Å². The summed E-state index contributed by atoms with van der Waals surface area (Å²) in [5, 5.41) is 0. The molecule has 0 aliphatic rings. The smallest absolute Gasteiger partial charge is 0.426 e. The first kappa shape index (κ1) is 25.9. The molecule has 37 heavy (non-hydrogen) atoms. The first-order chi connectivity index (χ1) is 17.6. The molecule has 4 aromatic carbocycles. The maximum Gasteiger partial charge on any atom is 0.426 e. The first-order valence-electron chi connectivity index (χ1n) is 11.3. The van der Waals surface area contributed by atoms with Gasteiger partial charge in [0.2, 0.25) is 6.79 Å². The summed E-state index contributed by atoms with van der Waals surface area (Å²) in [6.07, 6.45) is -7.06. The summed E-state index contributed by atoms with van der Waals surface area (Å²) in [7, 11) is 0. The van der Waals surface area contributed by atoms with Crippen molar-refractivity contribution in [2.45, 2.75) is 26.1 Å². The fourth-order valence-corrected chi connectivity index (χ4v) is 3.28. The zero-order chi connectivity index (χ0) is 26.5. The fourth-order valence-electron chi connectivity index (χ4n) is 3.28. The van der Waals surface area contributed by atoms with E-state index in [2.05, 4.69) is 0 Å². The summed E-state index contributed by atoms with van der Waals surface area (Å²) < 4.78 is 78.3. The van der Waals surface area contributed by atoms with Crippen molar-refractivity contribution in [3.05, 3.63) is 119 Å². The van der Waals surface area contributed by atoms with Crippen molar-refractivity contribution >= 4 is 0 Å². The van der Waals surface area contributed by atoms with Crippen LogP contribution < -0.4 is 18.9 Å². The van der Waals surface area contributed by atoms with E-state index in [1.807, 2.05) is 13.8 Å². The molecule has 0 saturated carbocycles. The lowest BCUT2D eigenvalue weighted by molar-refractivity contribution is -0.186. The molecule has 0 saturated heterocycles. The molecule has 0 unspecified atom stereocenters. The number of alkyl halides is 4. The zero-order valence-electron chi connectivity index (χ0n) is 20.1. The van der Waals surface area contributed by atoms with E-state index in [-0.39, 0.29) is 40.9 Å². The van der Waals surface area contributed by atoms with Gasteiger partial charge in [0.1, 0.15) is 23.0 Å². The standard InChI is InChI=1S/C29H24F4O4/c1-20-3-11-26(12-4-20)36-28(30,31)22-7-15-24(16-8-22)34-19-35-25-17-9-23(10-18-25)29(32,33)37-27-13-5-21(2)6-14-27/h3-18H,19H2,1-2H3. The van der Waals surface area contributed by atoms with E-state index in [4.69, 9.17) is 18.9 Å². The second-order valence-electron chi connectivity index (χ2n) is 8.32. The first-order valence-corrected chi connectivity index (χ1v) is 11.3. The molecule has 4 nitrogen and oxygen atoms in total. The van der Waals surface area contributed by atoms with Crippen LogP contribution >= 0.6 is 0 Å². The van der Waals surface area contributed by atoms with Crippen LogP contribution in [0, 0.1) is 13.8 Å². The molecule has 8 heteroatoms. The SMILES string of the molecule is Cc1ccc(OC(F)(F)c2ccc(OCOc3ccc(C(F)(F)Oc4ccc(C)cc4)cc3)cc2)cc1. The van der Waals surface area contributed by atoms with Crippen molar-refractivity contribution in [3.63, 3.8) is 0 Å². The number of ether oxygens (including phenoxy) is 4. The van der Waals surface area contributed by atoms with E-state index in [1.165, 1.54) is 72.8 Å². The number of hydrogen-bond donors (Lipinski definition) is 0. The van der Waals surface area contributed by atoms with Crippen LogP contribution in [0.3, 0.4) is 0 Å². The Morgan fingerprint density at radius 2 is 0.757 bits per heavy atom. The minimum Gasteiger partial charge on any atom is -0.458 e. The summed E-state index contributed by atoms with van der Waals surface area (Å²) in [5.41, 5.74) is 1.18. The lowest BCUT2D eigenvalue weighted by Gasteiger charge is -2.19. The molecule has 0 radical (unpaired) electrons. The molecule has 0 N–H and O–H groups in total. The minimum atomic E-state index is -3.53. The molecule has 0 atom stereocenters. The maximum atomic E-state index is 14.5. The van der Waals surface area contributed by atoms with Crippen LogP contribution in [0.15, 0.2) is 97.1 Å². The third-order valence-electron chi connectivity index (χ3n) is 5.37. The van der Waals surface area contributed by atoms with Gasteiger partial charge in [0, 0.05) is 0 Å². The quantitative estimate of drug-likeness (QED) is 0.160. The summed E-state index contributed by atoms with van der Waals surface area (Å²) in [4.78, 5) is 0. The van der Waals surface area contributed by atoms with Crippen molar-refractivity contribution in [1.29, 1.82) is 0 Å². The van der Waals surface area contributed by atoms with Gasteiger partial charge in [-0.05, 0) is 86.6 Å². The number of benzene rings is 4. The molecule has 4 rings (SSSR count). The van der Waals surface area contributed by atoms with Crippen LogP contribution in [0.2, 0.25) is 0 Å². The highest BCUT2D eigenvalue weighted by atomic mass is 19.3. The van der Waals surface area contributed by atoms with Crippen LogP contribution in [-0.2, 0) is 12.2 Å². The summed E-state index contributed by atoms with van der Waals surface area (Å²) in [5.74, 6) is 0.665. The van der Waals surface area contributed by atoms with E-state index in [0.29, 0.717) is 0 Å². The van der Waals surface area contributed by atoms with Crippen LogP contribution in [0.4, 0.5) is 17.6 Å². The third kappa shape index (κ3) is 6.94. The number of halogens is 4. The molecule has 0 aromatic heterocycles.